The highest BCUT2D eigenvalue weighted by Gasteiger charge is 2.17. The van der Waals surface area contributed by atoms with Crippen molar-refractivity contribution in [1.29, 1.82) is 5.26 Å². The number of pyridine rings is 1. The molecule has 0 saturated heterocycles. The Morgan fingerprint density at radius 1 is 1.11 bits per heavy atom. The van der Waals surface area contributed by atoms with Gasteiger partial charge in [-0.1, -0.05) is 24.6 Å². The minimum atomic E-state index is -0.151. The molecule has 0 atom stereocenters. The monoisotopic (exact) mass is 482 g/mol. The maximum Gasteiger partial charge on any atom is 0.272 e. The summed E-state index contributed by atoms with van der Waals surface area (Å²) in [6.45, 7) is 2.55. The molecule has 5 rings (SSSR count). The van der Waals surface area contributed by atoms with Gasteiger partial charge in [-0.15, -0.1) is 0 Å². The third-order valence-corrected chi connectivity index (χ3v) is 6.45. The van der Waals surface area contributed by atoms with Crippen LogP contribution in [0.4, 0.5) is 0 Å². The molecule has 0 bridgehead atoms. The molecule has 3 heterocycles. The number of amides is 1. The number of aryl methyl sites for hydroxylation is 1. The van der Waals surface area contributed by atoms with Crippen molar-refractivity contribution in [3.8, 4) is 11.8 Å². The average molecular weight is 483 g/mol. The minimum Gasteiger partial charge on any atom is -0.343 e. The lowest BCUT2D eigenvalue weighted by atomic mass is 10.1. The molecule has 2 aromatic carbocycles. The number of carbonyl (C=O) groups excluding carboxylic acids is 1. The van der Waals surface area contributed by atoms with Crippen LogP contribution in [0.1, 0.15) is 34.4 Å². The summed E-state index contributed by atoms with van der Waals surface area (Å²) >= 11 is 6.40. The van der Waals surface area contributed by atoms with E-state index in [0.29, 0.717) is 28.5 Å². The van der Waals surface area contributed by atoms with Gasteiger partial charge in [0, 0.05) is 53.9 Å². The Morgan fingerprint density at radius 2 is 1.94 bits per heavy atom. The van der Waals surface area contributed by atoms with Crippen molar-refractivity contribution in [3.63, 3.8) is 0 Å². The lowest BCUT2D eigenvalue weighted by Crippen LogP contribution is -2.22. The number of carbonyl (C=O) groups is 1. The Hall–Kier alpha value is -4.15. The summed E-state index contributed by atoms with van der Waals surface area (Å²) in [6, 6.07) is 19.4. The fraction of sp³-hybridized carbons (Fsp3) is 0.185. The first-order valence-corrected chi connectivity index (χ1v) is 11.7. The zero-order chi connectivity index (χ0) is 24.7. The van der Waals surface area contributed by atoms with E-state index in [1.807, 2.05) is 35.0 Å². The summed E-state index contributed by atoms with van der Waals surface area (Å²) < 4.78 is 4.10. The van der Waals surface area contributed by atoms with E-state index in [2.05, 4.69) is 28.6 Å². The molecule has 35 heavy (non-hydrogen) atoms. The van der Waals surface area contributed by atoms with Gasteiger partial charge in [0.1, 0.15) is 17.0 Å². The maximum atomic E-state index is 12.5. The first-order valence-electron chi connectivity index (χ1n) is 11.3. The van der Waals surface area contributed by atoms with Crippen molar-refractivity contribution in [3.05, 3.63) is 88.5 Å². The van der Waals surface area contributed by atoms with E-state index >= 15 is 0 Å². The van der Waals surface area contributed by atoms with Crippen LogP contribution in [0, 0.1) is 11.3 Å². The summed E-state index contributed by atoms with van der Waals surface area (Å²) in [5.41, 5.74) is 5.10. The fourth-order valence-electron chi connectivity index (χ4n) is 4.32. The molecular formula is C27H23ClN6O. The number of nitriles is 1. The van der Waals surface area contributed by atoms with Crippen molar-refractivity contribution < 1.29 is 4.79 Å². The third-order valence-electron chi connectivity index (χ3n) is 6.10. The number of benzene rings is 2. The van der Waals surface area contributed by atoms with Gasteiger partial charge in [0.15, 0.2) is 5.65 Å². The Bertz CT molecular complexity index is 1640. The number of hydrogen-bond acceptors (Lipinski definition) is 4. The molecule has 8 heteroatoms. The lowest BCUT2D eigenvalue weighted by molar-refractivity contribution is 0.0822. The number of nitrogens with zero attached hydrogens (tertiary/aromatic N) is 6. The van der Waals surface area contributed by atoms with Gasteiger partial charge in [0.25, 0.3) is 5.91 Å². The number of fused-ring (bicyclic) bond motifs is 2. The highest BCUT2D eigenvalue weighted by molar-refractivity contribution is 6.31. The smallest absolute Gasteiger partial charge is 0.272 e. The highest BCUT2D eigenvalue weighted by atomic mass is 35.5. The molecule has 0 radical (unpaired) electrons. The van der Waals surface area contributed by atoms with Gasteiger partial charge < -0.3 is 9.47 Å². The molecule has 0 N–H and O–H groups in total. The third kappa shape index (κ3) is 3.92. The van der Waals surface area contributed by atoms with Crippen LogP contribution in [-0.4, -0.2) is 44.0 Å². The van der Waals surface area contributed by atoms with Gasteiger partial charge in [-0.05, 0) is 48.5 Å². The van der Waals surface area contributed by atoms with Crippen molar-refractivity contribution in [1.82, 2.24) is 24.0 Å². The highest BCUT2D eigenvalue weighted by Crippen LogP contribution is 2.27. The molecule has 0 saturated carbocycles. The Morgan fingerprint density at radius 3 is 2.69 bits per heavy atom. The topological polar surface area (TPSA) is 79.7 Å². The second-order valence-electron chi connectivity index (χ2n) is 8.52. The largest absolute Gasteiger partial charge is 0.343 e. The van der Waals surface area contributed by atoms with Crippen molar-refractivity contribution in [2.75, 3.05) is 14.1 Å². The molecule has 0 unspecified atom stereocenters. The first kappa shape index (κ1) is 22.6. The van der Waals surface area contributed by atoms with Crippen molar-refractivity contribution >= 4 is 39.6 Å². The van der Waals surface area contributed by atoms with Gasteiger partial charge in [-0.25, -0.2) is 9.97 Å². The van der Waals surface area contributed by atoms with Gasteiger partial charge in [-0.2, -0.15) is 5.26 Å². The standard InChI is InChI=1S/C27H23ClN6O/c1-4-25-30-22-9-10-23(27(35)32(2)3)31-26(22)34(25)19-8-11-24-17(14-19)12-13-33(24)16-20-18(15-29)6-5-7-21(20)28/h5-14H,4,16H2,1-3H3. The van der Waals surface area contributed by atoms with Crippen molar-refractivity contribution in [2.45, 2.75) is 19.9 Å². The molecule has 174 valence electrons. The predicted molar refractivity (Wildman–Crippen MR) is 137 cm³/mol. The zero-order valence-electron chi connectivity index (χ0n) is 19.7. The van der Waals surface area contributed by atoms with Crippen molar-refractivity contribution in [2.24, 2.45) is 0 Å². The number of halogens is 1. The quantitative estimate of drug-likeness (QED) is 0.344. The number of hydrogen-bond donors (Lipinski definition) is 0. The van der Waals surface area contributed by atoms with Crippen LogP contribution in [0.3, 0.4) is 0 Å². The summed E-state index contributed by atoms with van der Waals surface area (Å²) in [7, 11) is 3.42. The van der Waals surface area contributed by atoms with Crippen LogP contribution in [-0.2, 0) is 13.0 Å². The van der Waals surface area contributed by atoms with E-state index < -0.39 is 0 Å². The van der Waals surface area contributed by atoms with E-state index in [1.54, 1.807) is 38.4 Å². The SMILES string of the molecule is CCc1nc2ccc(C(=O)N(C)C)nc2n1-c1ccc2c(ccn2Cc2c(Cl)cccc2C#N)c1. The summed E-state index contributed by atoms with van der Waals surface area (Å²) in [4.78, 5) is 23.4. The molecule has 0 fully saturated rings. The van der Waals surface area contributed by atoms with E-state index in [0.717, 1.165) is 39.9 Å². The minimum absolute atomic E-state index is 0.151. The van der Waals surface area contributed by atoms with Gasteiger partial charge in [-0.3, -0.25) is 9.36 Å². The van der Waals surface area contributed by atoms with Gasteiger partial charge >= 0.3 is 0 Å². The molecule has 7 nitrogen and oxygen atoms in total. The molecule has 0 aliphatic carbocycles. The molecule has 5 aromatic rings. The molecular weight excluding hydrogens is 460 g/mol. The fourth-order valence-corrected chi connectivity index (χ4v) is 4.55. The van der Waals surface area contributed by atoms with Crippen LogP contribution in [0.2, 0.25) is 5.02 Å². The second-order valence-corrected chi connectivity index (χ2v) is 8.93. The predicted octanol–water partition coefficient (Wildman–Crippen LogP) is 5.21. The van der Waals surface area contributed by atoms with Crippen LogP contribution in [0.5, 0.6) is 0 Å². The zero-order valence-corrected chi connectivity index (χ0v) is 20.4. The second kappa shape index (κ2) is 8.90. The average Bonchev–Trinajstić information content (AvgIpc) is 3.44. The summed E-state index contributed by atoms with van der Waals surface area (Å²) in [6.07, 6.45) is 2.72. The van der Waals surface area contributed by atoms with Crippen LogP contribution >= 0.6 is 11.6 Å². The first-order chi connectivity index (χ1) is 16.9. The van der Waals surface area contributed by atoms with Gasteiger partial charge in [0.2, 0.25) is 0 Å². The normalized spacial score (nSPS) is 11.2. The Labute approximate surface area is 207 Å². The van der Waals surface area contributed by atoms with E-state index in [4.69, 9.17) is 16.6 Å². The lowest BCUT2D eigenvalue weighted by Gasteiger charge is -2.12. The van der Waals surface area contributed by atoms with E-state index in [1.165, 1.54) is 4.90 Å². The van der Waals surface area contributed by atoms with E-state index in [9.17, 15) is 10.1 Å². The number of imidazole rings is 1. The molecule has 0 spiro atoms. The maximum absolute atomic E-state index is 12.5. The molecule has 3 aromatic heterocycles. The summed E-state index contributed by atoms with van der Waals surface area (Å²) in [5.74, 6) is 0.719. The van der Waals surface area contributed by atoms with E-state index in [-0.39, 0.29) is 5.91 Å². The van der Waals surface area contributed by atoms with Crippen LogP contribution in [0.15, 0.2) is 60.8 Å². The van der Waals surface area contributed by atoms with Crippen LogP contribution in [0.25, 0.3) is 27.8 Å². The van der Waals surface area contributed by atoms with Crippen LogP contribution < -0.4 is 0 Å². The molecule has 1 amide bonds. The molecule has 0 aliphatic heterocycles. The van der Waals surface area contributed by atoms with Gasteiger partial charge in [0.05, 0.1) is 18.2 Å². The summed E-state index contributed by atoms with van der Waals surface area (Å²) in [5, 5.41) is 11.1. The molecule has 0 aliphatic rings. The number of aromatic nitrogens is 4. The Balaban J connectivity index is 1.60. The number of rotatable bonds is 5. The Kier molecular flexibility index (Phi) is 5.75.